The molecule has 0 heterocycles. The van der Waals surface area contributed by atoms with Crippen molar-refractivity contribution >= 4 is 12.6 Å². The topological polar surface area (TPSA) is 24.7 Å². The van der Waals surface area contributed by atoms with Gasteiger partial charge in [0.05, 0.1) is 0 Å². The van der Waals surface area contributed by atoms with Gasteiger partial charge in [0, 0.05) is 6.20 Å². The number of hydrogen-bond donors (Lipinski definition) is 0. The molecule has 2 nitrogen and oxygen atoms in total. The average molecular weight is 192 g/mol. The van der Waals surface area contributed by atoms with Gasteiger partial charge in [-0.15, -0.1) is 0 Å². The maximum absolute atomic E-state index is 3.91. The minimum Gasteiger partial charge on any atom is -0.245 e. The standard InChI is InChI=1S/C10H14N2.C2H6/c1-6-12-10(11-5)9(4)7-8(2)3;1-2/h6H,1-2,4-5,7H2,3H3;1-2H3. The minimum absolute atomic E-state index is 0.535. The number of rotatable bonds is 4. The van der Waals surface area contributed by atoms with Gasteiger partial charge < -0.3 is 0 Å². The van der Waals surface area contributed by atoms with Crippen LogP contribution in [0.5, 0.6) is 0 Å². The van der Waals surface area contributed by atoms with Gasteiger partial charge in [0.2, 0.25) is 0 Å². The van der Waals surface area contributed by atoms with E-state index in [9.17, 15) is 0 Å². The Kier molecular flexibility index (Phi) is 10.4. The Morgan fingerprint density at radius 1 is 1.29 bits per heavy atom. The highest BCUT2D eigenvalue weighted by Gasteiger charge is 2.00. The first-order valence-electron chi connectivity index (χ1n) is 4.59. The van der Waals surface area contributed by atoms with Crippen LogP contribution in [0.1, 0.15) is 27.2 Å². The van der Waals surface area contributed by atoms with Crippen molar-refractivity contribution < 1.29 is 0 Å². The first-order valence-corrected chi connectivity index (χ1v) is 4.59. The van der Waals surface area contributed by atoms with Gasteiger partial charge in [-0.1, -0.05) is 39.2 Å². The first-order chi connectivity index (χ1) is 6.61. The fraction of sp³-hybridized carbons (Fsp3) is 0.333. The highest BCUT2D eigenvalue weighted by Crippen LogP contribution is 2.09. The molecule has 0 rings (SSSR count). The molecular weight excluding hydrogens is 172 g/mol. The third-order valence-electron chi connectivity index (χ3n) is 1.19. The summed E-state index contributed by atoms with van der Waals surface area (Å²) in [5, 5.41) is 0. The van der Waals surface area contributed by atoms with Gasteiger partial charge >= 0.3 is 0 Å². The molecule has 14 heavy (non-hydrogen) atoms. The lowest BCUT2D eigenvalue weighted by Crippen LogP contribution is -1.97. The zero-order chi connectivity index (χ0) is 11.6. The van der Waals surface area contributed by atoms with E-state index in [1.165, 1.54) is 6.20 Å². The molecule has 0 aromatic rings. The molecule has 0 saturated carbocycles. The molecule has 0 amide bonds. The molecule has 0 fully saturated rings. The van der Waals surface area contributed by atoms with Crippen molar-refractivity contribution in [2.75, 3.05) is 0 Å². The average Bonchev–Trinajstić information content (AvgIpc) is 2.16. The van der Waals surface area contributed by atoms with Gasteiger partial charge in [-0.05, 0) is 25.6 Å². The summed E-state index contributed by atoms with van der Waals surface area (Å²) in [6.45, 7) is 20.4. The number of hydrogen-bond acceptors (Lipinski definition) is 1. The van der Waals surface area contributed by atoms with E-state index >= 15 is 0 Å². The van der Waals surface area contributed by atoms with Crippen LogP contribution in [0.2, 0.25) is 0 Å². The fourth-order valence-corrected chi connectivity index (χ4v) is 0.774. The molecule has 0 unspecified atom stereocenters. The van der Waals surface area contributed by atoms with E-state index < -0.39 is 0 Å². The molecule has 0 aliphatic heterocycles. The lowest BCUT2D eigenvalue weighted by Gasteiger charge is -2.02. The lowest BCUT2D eigenvalue weighted by molar-refractivity contribution is 1.18. The van der Waals surface area contributed by atoms with Gasteiger partial charge in [-0.2, -0.15) is 0 Å². The predicted octanol–water partition coefficient (Wildman–Crippen LogP) is 3.78. The van der Waals surface area contributed by atoms with Crippen molar-refractivity contribution in [1.82, 2.24) is 0 Å². The largest absolute Gasteiger partial charge is 0.245 e. The van der Waals surface area contributed by atoms with Gasteiger partial charge in [-0.25, -0.2) is 9.98 Å². The summed E-state index contributed by atoms with van der Waals surface area (Å²) in [5.74, 6) is 0.535. The second kappa shape index (κ2) is 9.65. The van der Waals surface area contributed by atoms with Crippen LogP contribution in [0, 0.1) is 0 Å². The highest BCUT2D eigenvalue weighted by molar-refractivity contribution is 6.01. The molecule has 0 aromatic heterocycles. The first kappa shape index (κ1) is 15.1. The van der Waals surface area contributed by atoms with Crippen LogP contribution in [-0.2, 0) is 0 Å². The number of aliphatic imine (C=N–C) groups is 2. The third kappa shape index (κ3) is 7.22. The molecule has 0 N–H and O–H groups in total. The summed E-state index contributed by atoms with van der Waals surface area (Å²) < 4.78 is 0. The van der Waals surface area contributed by atoms with E-state index in [1.807, 2.05) is 20.8 Å². The third-order valence-corrected chi connectivity index (χ3v) is 1.19. The van der Waals surface area contributed by atoms with Crippen molar-refractivity contribution in [3.8, 4) is 0 Å². The molecule has 0 bridgehead atoms. The Morgan fingerprint density at radius 3 is 2.07 bits per heavy atom. The summed E-state index contributed by atoms with van der Waals surface area (Å²) in [6, 6.07) is 0. The molecule has 0 aromatic carbocycles. The van der Waals surface area contributed by atoms with Crippen molar-refractivity contribution in [2.45, 2.75) is 27.2 Å². The molecule has 0 atom stereocenters. The van der Waals surface area contributed by atoms with E-state index in [2.05, 4.69) is 36.4 Å². The monoisotopic (exact) mass is 192 g/mol. The van der Waals surface area contributed by atoms with E-state index in [0.29, 0.717) is 12.3 Å². The molecule has 0 saturated heterocycles. The Balaban J connectivity index is 0. The van der Waals surface area contributed by atoms with E-state index in [-0.39, 0.29) is 0 Å². The maximum Gasteiger partial charge on any atom is 0.154 e. The Labute approximate surface area is 87.5 Å². The smallest absolute Gasteiger partial charge is 0.154 e. The molecule has 2 heteroatoms. The van der Waals surface area contributed by atoms with Crippen molar-refractivity contribution in [2.24, 2.45) is 9.98 Å². The normalized spacial score (nSPS) is 9.50. The zero-order valence-electron chi connectivity index (χ0n) is 9.51. The van der Waals surface area contributed by atoms with Crippen LogP contribution in [0.4, 0.5) is 0 Å². The molecular formula is C12H20N2. The number of nitrogens with zero attached hydrogens (tertiary/aromatic N) is 2. The SMILES string of the molecule is C=CN=C(N=C)C(=C)CC(=C)C.CC. The van der Waals surface area contributed by atoms with Crippen LogP contribution in [0.15, 0.2) is 47.1 Å². The Hall–Kier alpha value is -1.44. The van der Waals surface area contributed by atoms with Gasteiger partial charge in [0.25, 0.3) is 0 Å². The highest BCUT2D eigenvalue weighted by atomic mass is 14.9. The molecule has 0 spiro atoms. The van der Waals surface area contributed by atoms with Crippen LogP contribution < -0.4 is 0 Å². The molecule has 0 radical (unpaired) electrons. The van der Waals surface area contributed by atoms with Gasteiger partial charge in [0.15, 0.2) is 5.84 Å². The Morgan fingerprint density at radius 2 is 1.79 bits per heavy atom. The van der Waals surface area contributed by atoms with Crippen LogP contribution >= 0.6 is 0 Å². The van der Waals surface area contributed by atoms with Gasteiger partial charge in [-0.3, -0.25) is 0 Å². The van der Waals surface area contributed by atoms with Gasteiger partial charge in [0.1, 0.15) is 0 Å². The van der Waals surface area contributed by atoms with Crippen molar-refractivity contribution in [3.63, 3.8) is 0 Å². The number of amidine groups is 1. The fourth-order valence-electron chi connectivity index (χ4n) is 0.774. The predicted molar refractivity (Wildman–Crippen MR) is 67.1 cm³/mol. The summed E-state index contributed by atoms with van der Waals surface area (Å²) >= 11 is 0. The van der Waals surface area contributed by atoms with Crippen molar-refractivity contribution in [1.29, 1.82) is 0 Å². The van der Waals surface area contributed by atoms with E-state index in [0.717, 1.165) is 11.1 Å². The van der Waals surface area contributed by atoms with Crippen molar-refractivity contribution in [3.05, 3.63) is 37.1 Å². The van der Waals surface area contributed by atoms with E-state index in [1.54, 1.807) is 0 Å². The molecule has 0 aliphatic carbocycles. The maximum atomic E-state index is 3.91. The zero-order valence-corrected chi connectivity index (χ0v) is 9.51. The van der Waals surface area contributed by atoms with Crippen LogP contribution in [0.25, 0.3) is 0 Å². The quantitative estimate of drug-likeness (QED) is 0.368. The lowest BCUT2D eigenvalue weighted by atomic mass is 10.1. The number of allylic oxidation sites excluding steroid dienone is 1. The van der Waals surface area contributed by atoms with E-state index in [4.69, 9.17) is 0 Å². The summed E-state index contributed by atoms with van der Waals surface area (Å²) in [4.78, 5) is 7.63. The molecule has 78 valence electrons. The molecule has 0 aliphatic rings. The van der Waals surface area contributed by atoms with Crippen LogP contribution in [0.3, 0.4) is 0 Å². The summed E-state index contributed by atoms with van der Waals surface area (Å²) in [7, 11) is 0. The second-order valence-corrected chi connectivity index (χ2v) is 2.53. The van der Waals surface area contributed by atoms with Crippen LogP contribution in [-0.4, -0.2) is 12.6 Å². The Bertz CT molecular complexity index is 247. The second-order valence-electron chi connectivity index (χ2n) is 2.53. The minimum atomic E-state index is 0.535. The summed E-state index contributed by atoms with van der Waals surface area (Å²) in [5.41, 5.74) is 1.85. The summed E-state index contributed by atoms with van der Waals surface area (Å²) in [6.07, 6.45) is 2.12.